The van der Waals surface area contributed by atoms with Crippen molar-refractivity contribution in [3.63, 3.8) is 0 Å². The highest BCUT2D eigenvalue weighted by atomic mass is 32.1. The van der Waals surface area contributed by atoms with Gasteiger partial charge < -0.3 is 10.4 Å². The second kappa shape index (κ2) is 6.82. The lowest BCUT2D eigenvalue weighted by Crippen LogP contribution is -2.36. The van der Waals surface area contributed by atoms with Crippen LogP contribution in [0.2, 0.25) is 0 Å². The number of aromatic nitrogens is 1. The average molecular weight is 284 g/mol. The Labute approximate surface area is 121 Å². The fourth-order valence-electron chi connectivity index (χ4n) is 1.95. The van der Waals surface area contributed by atoms with E-state index in [1.165, 1.54) is 0 Å². The van der Waals surface area contributed by atoms with Crippen LogP contribution in [0.4, 0.5) is 0 Å². The summed E-state index contributed by atoms with van der Waals surface area (Å²) >= 11 is 1.71. The predicted molar refractivity (Wildman–Crippen MR) is 82.6 cm³/mol. The fraction of sp³-hybridized carbons (Fsp3) is 0.800. The molecule has 19 heavy (non-hydrogen) atoms. The summed E-state index contributed by atoms with van der Waals surface area (Å²) in [6.45, 7) is 12.7. The maximum Gasteiger partial charge on any atom is 0.107 e. The van der Waals surface area contributed by atoms with Gasteiger partial charge in [-0.15, -0.1) is 11.3 Å². The molecule has 0 atom stereocenters. The van der Waals surface area contributed by atoms with Crippen LogP contribution in [0.3, 0.4) is 0 Å². The summed E-state index contributed by atoms with van der Waals surface area (Å²) < 4.78 is 0. The molecule has 0 amide bonds. The molecule has 1 rings (SSSR count). The quantitative estimate of drug-likeness (QED) is 0.807. The van der Waals surface area contributed by atoms with Crippen LogP contribution in [-0.2, 0) is 12.0 Å². The summed E-state index contributed by atoms with van der Waals surface area (Å²) in [6.07, 6.45) is 2.00. The second-order valence-corrected chi connectivity index (χ2v) is 7.29. The minimum absolute atomic E-state index is 0.0180. The molecule has 0 saturated heterocycles. The van der Waals surface area contributed by atoms with Gasteiger partial charge in [-0.1, -0.05) is 34.6 Å². The molecule has 110 valence electrons. The highest BCUT2D eigenvalue weighted by Gasteiger charge is 2.24. The topological polar surface area (TPSA) is 45.1 Å². The van der Waals surface area contributed by atoms with Crippen LogP contribution in [0.25, 0.3) is 0 Å². The summed E-state index contributed by atoms with van der Waals surface area (Å²) in [7, 11) is 0. The van der Waals surface area contributed by atoms with E-state index in [2.05, 4.69) is 50.3 Å². The molecule has 0 aliphatic rings. The van der Waals surface area contributed by atoms with Crippen molar-refractivity contribution in [2.24, 2.45) is 5.41 Å². The molecule has 0 aliphatic heterocycles. The second-order valence-electron chi connectivity index (χ2n) is 6.35. The van der Waals surface area contributed by atoms with Gasteiger partial charge >= 0.3 is 0 Å². The summed E-state index contributed by atoms with van der Waals surface area (Å²) in [4.78, 5) is 4.67. The lowest BCUT2D eigenvalue weighted by atomic mass is 9.83. The predicted octanol–water partition coefficient (Wildman–Crippen LogP) is 3.33. The molecule has 0 saturated carbocycles. The van der Waals surface area contributed by atoms with E-state index in [9.17, 15) is 5.11 Å². The van der Waals surface area contributed by atoms with Gasteiger partial charge in [-0.3, -0.25) is 0 Å². The molecule has 0 bridgehead atoms. The minimum Gasteiger partial charge on any atom is -0.396 e. The Morgan fingerprint density at radius 1 is 1.26 bits per heavy atom. The highest BCUT2D eigenvalue weighted by Crippen LogP contribution is 2.26. The zero-order valence-electron chi connectivity index (χ0n) is 12.9. The van der Waals surface area contributed by atoms with Gasteiger partial charge in [0.25, 0.3) is 0 Å². The number of hydrogen-bond donors (Lipinski definition) is 2. The van der Waals surface area contributed by atoms with E-state index in [-0.39, 0.29) is 17.4 Å². The molecule has 4 heteroatoms. The van der Waals surface area contributed by atoms with Gasteiger partial charge in [0.2, 0.25) is 0 Å². The van der Waals surface area contributed by atoms with E-state index < -0.39 is 0 Å². The summed E-state index contributed by atoms with van der Waals surface area (Å²) in [5.74, 6) is 0. The first kappa shape index (κ1) is 16.6. The van der Waals surface area contributed by atoms with Crippen molar-refractivity contribution in [2.45, 2.75) is 59.4 Å². The third-order valence-electron chi connectivity index (χ3n) is 3.93. The molecule has 0 spiro atoms. The first-order valence-electron chi connectivity index (χ1n) is 7.13. The number of aliphatic hydroxyl groups excluding tert-OH is 1. The van der Waals surface area contributed by atoms with E-state index in [0.717, 1.165) is 36.6 Å². The van der Waals surface area contributed by atoms with Crippen LogP contribution in [0, 0.1) is 5.41 Å². The Hall–Kier alpha value is -0.450. The van der Waals surface area contributed by atoms with Crippen LogP contribution in [0.15, 0.2) is 5.38 Å². The van der Waals surface area contributed by atoms with Crippen molar-refractivity contribution in [2.75, 3.05) is 13.2 Å². The average Bonchev–Trinajstić information content (AvgIpc) is 2.84. The number of aliphatic hydroxyl groups is 1. The van der Waals surface area contributed by atoms with Gasteiger partial charge in [0.05, 0.1) is 5.69 Å². The zero-order valence-corrected chi connectivity index (χ0v) is 13.7. The maximum absolute atomic E-state index is 9.53. The number of nitrogens with zero attached hydrogens (tertiary/aromatic N) is 1. The van der Waals surface area contributed by atoms with E-state index >= 15 is 0 Å². The number of nitrogens with one attached hydrogen (secondary N) is 1. The van der Waals surface area contributed by atoms with Gasteiger partial charge in [0.15, 0.2) is 0 Å². The van der Waals surface area contributed by atoms with Crippen LogP contribution in [-0.4, -0.2) is 23.2 Å². The van der Waals surface area contributed by atoms with E-state index in [1.807, 2.05) is 0 Å². The van der Waals surface area contributed by atoms with Gasteiger partial charge in [0.1, 0.15) is 5.01 Å². The molecule has 0 unspecified atom stereocenters. The first-order chi connectivity index (χ1) is 8.87. The molecule has 1 aromatic heterocycles. The zero-order chi connectivity index (χ0) is 14.5. The summed E-state index contributed by atoms with van der Waals surface area (Å²) in [5, 5.41) is 16.3. The number of thiazole rings is 1. The Morgan fingerprint density at radius 3 is 2.32 bits per heavy atom. The Bertz CT molecular complexity index is 369. The van der Waals surface area contributed by atoms with Gasteiger partial charge in [-0.25, -0.2) is 4.98 Å². The van der Waals surface area contributed by atoms with E-state index in [4.69, 9.17) is 0 Å². The first-order valence-corrected chi connectivity index (χ1v) is 8.01. The minimum atomic E-state index is 0.0180. The Kier molecular flexibility index (Phi) is 5.96. The highest BCUT2D eigenvalue weighted by molar-refractivity contribution is 7.09. The number of hydrogen-bond acceptors (Lipinski definition) is 4. The lowest BCUT2D eigenvalue weighted by molar-refractivity contribution is 0.113. The molecule has 3 nitrogen and oxygen atoms in total. The third-order valence-corrected chi connectivity index (χ3v) is 4.78. The molecule has 1 aromatic rings. The standard InChI is InChI=1S/C15H28N2OS/c1-6-15(7-2,11-18)10-16-8-13-17-12(9-19-13)14(3,4)5/h9,16,18H,6-8,10-11H2,1-5H3. The van der Waals surface area contributed by atoms with Crippen molar-refractivity contribution in [3.8, 4) is 0 Å². The fourth-order valence-corrected chi connectivity index (χ4v) is 2.94. The lowest BCUT2D eigenvalue weighted by Gasteiger charge is -2.29. The summed E-state index contributed by atoms with van der Waals surface area (Å²) in [6, 6.07) is 0. The number of rotatable bonds is 7. The van der Waals surface area contributed by atoms with Crippen molar-refractivity contribution < 1.29 is 5.11 Å². The molecular weight excluding hydrogens is 256 g/mol. The maximum atomic E-state index is 9.53. The molecule has 2 N–H and O–H groups in total. The SMILES string of the molecule is CCC(CC)(CO)CNCc1nc(C(C)(C)C)cs1. The van der Waals surface area contributed by atoms with Crippen LogP contribution in [0.5, 0.6) is 0 Å². The molecule has 0 fully saturated rings. The molecule has 0 radical (unpaired) electrons. The molecule has 0 aliphatic carbocycles. The van der Waals surface area contributed by atoms with Gasteiger partial charge in [0, 0.05) is 35.9 Å². The normalized spacial score (nSPS) is 12.9. The van der Waals surface area contributed by atoms with Crippen LogP contribution >= 0.6 is 11.3 Å². The van der Waals surface area contributed by atoms with Crippen molar-refractivity contribution in [1.82, 2.24) is 10.3 Å². The van der Waals surface area contributed by atoms with Crippen molar-refractivity contribution >= 4 is 11.3 Å². The van der Waals surface area contributed by atoms with Crippen LogP contribution < -0.4 is 5.32 Å². The molecule has 1 heterocycles. The van der Waals surface area contributed by atoms with E-state index in [0.29, 0.717) is 0 Å². The largest absolute Gasteiger partial charge is 0.396 e. The smallest absolute Gasteiger partial charge is 0.107 e. The van der Waals surface area contributed by atoms with Crippen molar-refractivity contribution in [3.05, 3.63) is 16.1 Å². The summed E-state index contributed by atoms with van der Waals surface area (Å²) in [5.41, 5.74) is 1.30. The molecular formula is C15H28N2OS. The Morgan fingerprint density at radius 2 is 1.89 bits per heavy atom. The molecule has 0 aromatic carbocycles. The van der Waals surface area contributed by atoms with Crippen molar-refractivity contribution in [1.29, 1.82) is 0 Å². The van der Waals surface area contributed by atoms with Gasteiger partial charge in [-0.2, -0.15) is 0 Å². The van der Waals surface area contributed by atoms with Crippen LogP contribution in [0.1, 0.15) is 58.2 Å². The van der Waals surface area contributed by atoms with E-state index in [1.54, 1.807) is 11.3 Å². The van der Waals surface area contributed by atoms with Gasteiger partial charge in [-0.05, 0) is 12.8 Å². The third kappa shape index (κ3) is 4.55. The monoisotopic (exact) mass is 284 g/mol. The Balaban J connectivity index is 2.51.